The Labute approximate surface area is 425 Å². The summed E-state index contributed by atoms with van der Waals surface area (Å²) >= 11 is 7.82. The molecule has 4 atom stereocenters. The summed E-state index contributed by atoms with van der Waals surface area (Å²) in [5.74, 6) is -0.350. The monoisotopic (exact) mass is 1000 g/mol. The zero-order valence-corrected chi connectivity index (χ0v) is 43.2. The number of amides is 4. The fraction of sp³-hybridized carbons (Fsp3) is 0.418. The van der Waals surface area contributed by atoms with Gasteiger partial charge in [-0.05, 0) is 77.9 Å². The largest absolute Gasteiger partial charge is 0.491 e. The van der Waals surface area contributed by atoms with E-state index >= 15 is 0 Å². The number of hydrogen-bond acceptors (Lipinski definition) is 11. The number of halogens is 1. The van der Waals surface area contributed by atoms with E-state index in [9.17, 15) is 29.5 Å². The molecule has 2 fully saturated rings. The smallest absolute Gasteiger partial charge is 0.251 e. The third kappa shape index (κ3) is 11.9. The molecule has 2 aliphatic rings. The molecular formula is C55H63ClN6O8S. The van der Waals surface area contributed by atoms with Gasteiger partial charge in [0.05, 0.1) is 45.4 Å². The van der Waals surface area contributed by atoms with Gasteiger partial charge >= 0.3 is 0 Å². The Morgan fingerprint density at radius 3 is 2.11 bits per heavy atom. The Kier molecular flexibility index (Phi) is 16.0. The molecule has 1 aromatic heterocycles. The van der Waals surface area contributed by atoms with Crippen molar-refractivity contribution in [3.63, 3.8) is 0 Å². The maximum atomic E-state index is 14.1. The number of nitrogens with one attached hydrogen (secondary N) is 3. The van der Waals surface area contributed by atoms with Gasteiger partial charge in [-0.2, -0.15) is 5.26 Å². The Bertz CT molecular complexity index is 2750. The molecule has 0 spiro atoms. The zero-order valence-electron chi connectivity index (χ0n) is 41.7. The van der Waals surface area contributed by atoms with Gasteiger partial charge in [-0.25, -0.2) is 4.98 Å². The van der Waals surface area contributed by atoms with E-state index in [1.54, 1.807) is 41.7 Å². The number of β-amino-alcohol motifs (C(OH)–C–C–N with tert-alkyl or cyclic N) is 1. The summed E-state index contributed by atoms with van der Waals surface area (Å²) in [6.45, 7) is 17.5. The van der Waals surface area contributed by atoms with Crippen molar-refractivity contribution in [2.75, 3.05) is 26.4 Å². The van der Waals surface area contributed by atoms with E-state index in [0.717, 1.165) is 32.8 Å². The number of carbonyl (C=O) groups excluding carboxylic acids is 4. The molecule has 16 heteroatoms. The minimum atomic E-state index is -0.993. The normalized spacial score (nSPS) is 19.9. The molecule has 1 aliphatic carbocycles. The topological polar surface area (TPSA) is 192 Å². The van der Waals surface area contributed by atoms with Crippen LogP contribution < -0.4 is 25.4 Å². The van der Waals surface area contributed by atoms with Gasteiger partial charge < -0.3 is 40.2 Å². The standard InChI is InChI=1S/C55H63ClN6O8S/c1-32(34-10-14-37(15-11-34)46-33(2)58-31-71-46)59-49(66)44-26-40(63)29-62(44)50(67)47(53(3,4)5)60-45(64)30-68-24-25-69-41-21-18-36(19-22-41)35-12-16-38(17-13-35)48(65)61-51-54(6,7)52(55(51,8)9)70-42-23-20-39(28-57)43(56)27-42/h10-23,27,31-32,40,44,47,51-52,63H,24-26,29-30H2,1-9H3,(H,59,66)(H,60,64)(H,61,65)/t32-,40+,44-,47+,51-,52-/m0/s1. The highest BCUT2D eigenvalue weighted by Crippen LogP contribution is 2.55. The molecule has 1 saturated heterocycles. The number of rotatable bonds is 17. The summed E-state index contributed by atoms with van der Waals surface area (Å²) in [5, 5.41) is 29.3. The van der Waals surface area contributed by atoms with Crippen LogP contribution in [0.25, 0.3) is 21.6 Å². The van der Waals surface area contributed by atoms with Crippen LogP contribution in [0.1, 0.15) is 95.0 Å². The number of carbonyl (C=O) groups is 4. The number of aliphatic hydroxyl groups is 1. The van der Waals surface area contributed by atoms with Crippen molar-refractivity contribution in [2.45, 2.75) is 105 Å². The number of nitriles is 1. The second kappa shape index (κ2) is 21.6. The average molecular weight is 1000 g/mol. The Balaban J connectivity index is 0.847. The molecule has 0 bridgehead atoms. The van der Waals surface area contributed by atoms with Crippen molar-refractivity contribution < 1.29 is 38.5 Å². The van der Waals surface area contributed by atoms with E-state index in [1.807, 2.05) is 101 Å². The van der Waals surface area contributed by atoms with Crippen LogP contribution in [-0.2, 0) is 19.1 Å². The molecule has 2 heterocycles. The fourth-order valence-corrected chi connectivity index (χ4v) is 11.0. The molecule has 1 saturated carbocycles. The fourth-order valence-electron chi connectivity index (χ4n) is 9.97. The first-order valence-electron chi connectivity index (χ1n) is 23.8. The van der Waals surface area contributed by atoms with Crippen molar-refractivity contribution in [2.24, 2.45) is 16.2 Å². The highest BCUT2D eigenvalue weighted by Gasteiger charge is 2.64. The minimum absolute atomic E-state index is 0.0341. The minimum Gasteiger partial charge on any atom is -0.491 e. The van der Waals surface area contributed by atoms with Gasteiger partial charge in [0.25, 0.3) is 5.91 Å². The average Bonchev–Trinajstić information content (AvgIpc) is 3.96. The van der Waals surface area contributed by atoms with Gasteiger partial charge in [-0.15, -0.1) is 11.3 Å². The molecular weight excluding hydrogens is 940 g/mol. The predicted octanol–water partition coefficient (Wildman–Crippen LogP) is 8.69. The van der Waals surface area contributed by atoms with Crippen molar-refractivity contribution in [3.05, 3.63) is 124 Å². The van der Waals surface area contributed by atoms with Crippen molar-refractivity contribution in [1.82, 2.24) is 25.8 Å². The zero-order chi connectivity index (χ0) is 51.4. The van der Waals surface area contributed by atoms with Crippen LogP contribution in [0.2, 0.25) is 5.02 Å². The molecule has 374 valence electrons. The van der Waals surface area contributed by atoms with Crippen LogP contribution in [0.4, 0.5) is 0 Å². The van der Waals surface area contributed by atoms with Crippen LogP contribution in [0.3, 0.4) is 0 Å². The van der Waals surface area contributed by atoms with E-state index in [1.165, 1.54) is 4.90 Å². The lowest BCUT2D eigenvalue weighted by molar-refractivity contribution is -0.164. The molecule has 0 unspecified atom stereocenters. The van der Waals surface area contributed by atoms with E-state index in [0.29, 0.717) is 27.6 Å². The number of aromatic nitrogens is 1. The van der Waals surface area contributed by atoms with Crippen LogP contribution in [0, 0.1) is 34.5 Å². The van der Waals surface area contributed by atoms with Crippen LogP contribution >= 0.6 is 22.9 Å². The summed E-state index contributed by atoms with van der Waals surface area (Å²) in [5.41, 5.74) is 5.94. The lowest BCUT2D eigenvalue weighted by atomic mass is 9.49. The molecule has 4 aromatic carbocycles. The molecule has 5 aromatic rings. The van der Waals surface area contributed by atoms with Gasteiger partial charge in [-0.3, -0.25) is 19.2 Å². The molecule has 14 nitrogen and oxygen atoms in total. The number of benzene rings is 4. The third-order valence-electron chi connectivity index (χ3n) is 13.6. The number of likely N-dealkylation sites (tertiary alicyclic amines) is 1. The van der Waals surface area contributed by atoms with Crippen LogP contribution in [0.15, 0.2) is 96.5 Å². The Hall–Kier alpha value is -6.31. The molecule has 7 rings (SSSR count). The highest BCUT2D eigenvalue weighted by atomic mass is 35.5. The number of thiazole rings is 1. The van der Waals surface area contributed by atoms with Gasteiger partial charge in [0, 0.05) is 41.5 Å². The lowest BCUT2D eigenvalue weighted by Crippen LogP contribution is -2.74. The van der Waals surface area contributed by atoms with Gasteiger partial charge in [-0.1, -0.05) is 109 Å². The van der Waals surface area contributed by atoms with E-state index in [2.05, 4.69) is 54.7 Å². The second-order valence-electron chi connectivity index (χ2n) is 20.7. The highest BCUT2D eigenvalue weighted by molar-refractivity contribution is 7.13. The van der Waals surface area contributed by atoms with Crippen molar-refractivity contribution in [1.29, 1.82) is 5.26 Å². The van der Waals surface area contributed by atoms with Gasteiger partial charge in [0.1, 0.15) is 49.0 Å². The SMILES string of the molecule is Cc1ncsc1-c1ccc([C@H](C)NC(=O)[C@@H]2C[C@@H](O)CN2C(=O)[C@@H](NC(=O)COCCOc2ccc(-c3ccc(C(=O)N[C@H]4C(C)(C)[C@H](Oc5ccc(C#N)c(Cl)c5)C4(C)C)cc3)cc2)C(C)(C)C)cc1. The first-order chi connectivity index (χ1) is 33.6. The maximum absolute atomic E-state index is 14.1. The summed E-state index contributed by atoms with van der Waals surface area (Å²) in [6, 6.07) is 27.4. The predicted molar refractivity (Wildman–Crippen MR) is 274 cm³/mol. The maximum Gasteiger partial charge on any atom is 0.251 e. The molecule has 0 radical (unpaired) electrons. The van der Waals surface area contributed by atoms with E-state index < -0.39 is 46.2 Å². The van der Waals surface area contributed by atoms with Gasteiger partial charge in [0.15, 0.2) is 0 Å². The first-order valence-corrected chi connectivity index (χ1v) is 25.0. The number of ether oxygens (including phenoxy) is 3. The quantitative estimate of drug-likeness (QED) is 0.0656. The number of aryl methyl sites for hydroxylation is 1. The van der Waals surface area contributed by atoms with E-state index in [4.69, 9.17) is 25.8 Å². The summed E-state index contributed by atoms with van der Waals surface area (Å²) in [4.78, 5) is 61.2. The second-order valence-corrected chi connectivity index (χ2v) is 21.9. The summed E-state index contributed by atoms with van der Waals surface area (Å²) in [7, 11) is 0. The Morgan fingerprint density at radius 2 is 1.52 bits per heavy atom. The molecule has 4 amide bonds. The van der Waals surface area contributed by atoms with Crippen molar-refractivity contribution >= 4 is 46.6 Å². The third-order valence-corrected chi connectivity index (χ3v) is 14.8. The number of nitrogens with zero attached hydrogens (tertiary/aromatic N) is 3. The van der Waals surface area contributed by atoms with Crippen LogP contribution in [-0.4, -0.2) is 95.3 Å². The number of aliphatic hydroxyl groups excluding tert-OH is 1. The molecule has 71 heavy (non-hydrogen) atoms. The number of hydrogen-bond donors (Lipinski definition) is 4. The van der Waals surface area contributed by atoms with E-state index in [-0.39, 0.29) is 62.8 Å². The molecule has 1 aliphatic heterocycles. The van der Waals surface area contributed by atoms with Gasteiger partial charge in [0.2, 0.25) is 17.7 Å². The summed E-state index contributed by atoms with van der Waals surface area (Å²) in [6.07, 6.45) is -1.03. The Morgan fingerprint density at radius 1 is 0.901 bits per heavy atom. The molecule has 4 N–H and O–H groups in total. The van der Waals surface area contributed by atoms with Crippen LogP contribution in [0.5, 0.6) is 11.5 Å². The summed E-state index contributed by atoms with van der Waals surface area (Å²) < 4.78 is 17.9. The first kappa shape index (κ1) is 52.5. The lowest BCUT2D eigenvalue weighted by Gasteiger charge is -2.63. The van der Waals surface area contributed by atoms with Crippen molar-refractivity contribution in [3.8, 4) is 39.1 Å².